The summed E-state index contributed by atoms with van der Waals surface area (Å²) >= 11 is 5.75. The predicted molar refractivity (Wildman–Crippen MR) is 42.9 cm³/mol. The van der Waals surface area contributed by atoms with Crippen molar-refractivity contribution >= 4 is 22.6 Å². The van der Waals surface area contributed by atoms with Crippen LogP contribution in [0.15, 0.2) is 28.9 Å². The molecule has 0 aliphatic carbocycles. The van der Waals surface area contributed by atoms with Gasteiger partial charge in [-0.15, -0.1) is 0 Å². The first-order valence-electron chi connectivity index (χ1n) is 3.13. The Labute approximate surface area is 68.0 Å². The van der Waals surface area contributed by atoms with E-state index in [1.165, 1.54) is 12.3 Å². The normalized spacial score (nSPS) is 10.6. The fourth-order valence-electron chi connectivity index (χ4n) is 0.985. The molecule has 0 atom stereocenters. The summed E-state index contributed by atoms with van der Waals surface area (Å²) < 4.78 is 5.04. The highest BCUT2D eigenvalue weighted by atomic mass is 35.5. The van der Waals surface area contributed by atoms with E-state index in [2.05, 4.69) is 0 Å². The largest absolute Gasteiger partial charge is 0.508 e. The fourth-order valence-corrected chi connectivity index (χ4v) is 1.19. The van der Waals surface area contributed by atoms with Gasteiger partial charge in [-0.05, 0) is 12.1 Å². The van der Waals surface area contributed by atoms with Gasteiger partial charge in [-0.1, -0.05) is 11.6 Å². The third kappa shape index (κ3) is 0.955. The van der Waals surface area contributed by atoms with Crippen LogP contribution in [0.3, 0.4) is 0 Å². The zero-order valence-electron chi connectivity index (χ0n) is 5.54. The first-order valence-corrected chi connectivity index (χ1v) is 3.51. The summed E-state index contributed by atoms with van der Waals surface area (Å²) in [5.41, 5.74) is 0.606. The Morgan fingerprint density at radius 1 is 1.36 bits per heavy atom. The highest BCUT2D eigenvalue weighted by Crippen LogP contribution is 2.27. The lowest BCUT2D eigenvalue weighted by molar-refractivity contribution is 0.474. The number of benzene rings is 1. The van der Waals surface area contributed by atoms with Gasteiger partial charge < -0.3 is 9.52 Å². The van der Waals surface area contributed by atoms with E-state index in [9.17, 15) is 0 Å². The molecule has 0 saturated carbocycles. The third-order valence-corrected chi connectivity index (χ3v) is 1.80. The van der Waals surface area contributed by atoms with Crippen molar-refractivity contribution < 1.29 is 9.52 Å². The summed E-state index contributed by atoms with van der Waals surface area (Å²) in [4.78, 5) is 0. The Hall–Kier alpha value is -1.15. The maximum Gasteiger partial charge on any atom is 0.139 e. The van der Waals surface area contributed by atoms with Crippen molar-refractivity contribution in [3.63, 3.8) is 0 Å². The lowest BCUT2D eigenvalue weighted by atomic mass is 10.2. The third-order valence-electron chi connectivity index (χ3n) is 1.51. The van der Waals surface area contributed by atoms with Crippen molar-refractivity contribution in [3.8, 4) is 5.75 Å². The van der Waals surface area contributed by atoms with Crippen molar-refractivity contribution in [1.29, 1.82) is 0 Å². The van der Waals surface area contributed by atoms with Crippen molar-refractivity contribution in [1.82, 2.24) is 0 Å². The highest BCUT2D eigenvalue weighted by molar-refractivity contribution is 6.35. The van der Waals surface area contributed by atoms with Crippen LogP contribution in [0, 0.1) is 0 Å². The minimum Gasteiger partial charge on any atom is -0.508 e. The topological polar surface area (TPSA) is 33.4 Å². The molecule has 11 heavy (non-hydrogen) atoms. The molecular weight excluding hydrogens is 164 g/mol. The summed E-state index contributed by atoms with van der Waals surface area (Å²) in [7, 11) is 0. The van der Waals surface area contributed by atoms with Gasteiger partial charge in [0.15, 0.2) is 0 Å². The van der Waals surface area contributed by atoms with E-state index in [0.29, 0.717) is 10.6 Å². The zero-order valence-corrected chi connectivity index (χ0v) is 6.30. The number of phenolic OH excluding ortho intramolecular Hbond substituents is 1. The number of fused-ring (bicyclic) bond motifs is 1. The Morgan fingerprint density at radius 2 is 2.18 bits per heavy atom. The molecule has 0 amide bonds. The molecule has 2 nitrogen and oxygen atoms in total. The van der Waals surface area contributed by atoms with Crippen LogP contribution >= 0.6 is 11.6 Å². The molecule has 1 aromatic carbocycles. The number of rotatable bonds is 0. The van der Waals surface area contributed by atoms with E-state index in [1.807, 2.05) is 0 Å². The molecule has 0 bridgehead atoms. The summed E-state index contributed by atoms with van der Waals surface area (Å²) in [5, 5.41) is 10.4. The second kappa shape index (κ2) is 2.17. The summed E-state index contributed by atoms with van der Waals surface area (Å²) in [5.74, 6) is 0.184. The van der Waals surface area contributed by atoms with Gasteiger partial charge in [0.1, 0.15) is 17.6 Å². The van der Waals surface area contributed by atoms with E-state index in [1.54, 1.807) is 12.1 Å². The van der Waals surface area contributed by atoms with Crippen molar-refractivity contribution in [2.45, 2.75) is 0 Å². The molecule has 0 fully saturated rings. The Morgan fingerprint density at radius 3 is 3.00 bits per heavy atom. The quantitative estimate of drug-likeness (QED) is 0.656. The van der Waals surface area contributed by atoms with E-state index >= 15 is 0 Å². The van der Waals surface area contributed by atoms with Crippen LogP contribution in [-0.4, -0.2) is 5.11 Å². The maximum atomic E-state index is 9.04. The Kier molecular flexibility index (Phi) is 1.29. The summed E-state index contributed by atoms with van der Waals surface area (Å²) in [6.45, 7) is 0. The Balaban J connectivity index is 2.86. The van der Waals surface area contributed by atoms with E-state index in [0.717, 1.165) is 5.39 Å². The number of aromatic hydroxyl groups is 1. The van der Waals surface area contributed by atoms with Crippen LogP contribution in [-0.2, 0) is 0 Å². The smallest absolute Gasteiger partial charge is 0.139 e. The first kappa shape index (κ1) is 6.55. The van der Waals surface area contributed by atoms with Crippen molar-refractivity contribution in [2.75, 3.05) is 0 Å². The summed E-state index contributed by atoms with van der Waals surface area (Å²) in [6, 6.07) is 4.82. The number of furan rings is 1. The van der Waals surface area contributed by atoms with E-state index in [-0.39, 0.29) is 5.75 Å². The maximum absolute atomic E-state index is 9.04. The van der Waals surface area contributed by atoms with Gasteiger partial charge >= 0.3 is 0 Å². The highest BCUT2D eigenvalue weighted by Gasteiger charge is 2.02. The number of hydrogen-bond donors (Lipinski definition) is 1. The number of halogens is 1. The van der Waals surface area contributed by atoms with Gasteiger partial charge in [-0.25, -0.2) is 0 Å². The van der Waals surface area contributed by atoms with Crippen LogP contribution in [0.5, 0.6) is 5.75 Å². The standard InChI is InChI=1S/C8H5ClO2/c9-7-4-11-8-3-5(10)1-2-6(7)8/h1-4,10H. The lowest BCUT2D eigenvalue weighted by Crippen LogP contribution is -1.64. The molecule has 0 saturated heterocycles. The van der Waals surface area contributed by atoms with E-state index < -0.39 is 0 Å². The molecule has 2 rings (SSSR count). The van der Waals surface area contributed by atoms with E-state index in [4.69, 9.17) is 21.1 Å². The molecule has 3 heteroatoms. The zero-order chi connectivity index (χ0) is 7.84. The van der Waals surface area contributed by atoms with Gasteiger partial charge in [0.25, 0.3) is 0 Å². The van der Waals surface area contributed by atoms with Crippen LogP contribution in [0.4, 0.5) is 0 Å². The van der Waals surface area contributed by atoms with Gasteiger partial charge in [0, 0.05) is 11.5 Å². The first-order chi connectivity index (χ1) is 5.27. The second-order valence-electron chi connectivity index (χ2n) is 2.26. The van der Waals surface area contributed by atoms with Gasteiger partial charge in [0.05, 0.1) is 5.02 Å². The SMILES string of the molecule is Oc1ccc2c(Cl)coc2c1. The average Bonchev–Trinajstić information content (AvgIpc) is 2.32. The van der Waals surface area contributed by atoms with Crippen molar-refractivity contribution in [3.05, 3.63) is 29.5 Å². The summed E-state index contributed by atoms with van der Waals surface area (Å²) in [6.07, 6.45) is 1.45. The molecule has 0 radical (unpaired) electrons. The molecule has 0 spiro atoms. The van der Waals surface area contributed by atoms with Gasteiger partial charge in [-0.3, -0.25) is 0 Å². The molecule has 2 aromatic rings. The predicted octanol–water partition coefficient (Wildman–Crippen LogP) is 2.79. The molecular formula is C8H5ClO2. The van der Waals surface area contributed by atoms with Crippen LogP contribution in [0.2, 0.25) is 5.02 Å². The molecule has 0 aliphatic heterocycles. The van der Waals surface area contributed by atoms with Crippen LogP contribution in [0.25, 0.3) is 11.0 Å². The minimum absolute atomic E-state index is 0.184. The lowest BCUT2D eigenvalue weighted by Gasteiger charge is -1.89. The van der Waals surface area contributed by atoms with Crippen molar-refractivity contribution in [2.24, 2.45) is 0 Å². The molecule has 1 heterocycles. The van der Waals surface area contributed by atoms with Gasteiger partial charge in [0.2, 0.25) is 0 Å². The monoisotopic (exact) mass is 168 g/mol. The number of hydrogen-bond acceptors (Lipinski definition) is 2. The minimum atomic E-state index is 0.184. The van der Waals surface area contributed by atoms with Crippen LogP contribution in [0.1, 0.15) is 0 Å². The molecule has 0 unspecified atom stereocenters. The number of phenols is 1. The Bertz CT molecular complexity index is 392. The second-order valence-corrected chi connectivity index (χ2v) is 2.67. The molecule has 56 valence electrons. The van der Waals surface area contributed by atoms with Gasteiger partial charge in [-0.2, -0.15) is 0 Å². The molecule has 1 aromatic heterocycles. The molecule has 0 aliphatic rings. The van der Waals surface area contributed by atoms with Crippen LogP contribution < -0.4 is 0 Å². The average molecular weight is 169 g/mol. The molecule has 1 N–H and O–H groups in total. The fraction of sp³-hybridized carbons (Fsp3) is 0.